The monoisotopic (exact) mass is 350 g/mol. The first-order chi connectivity index (χ1) is 12.7. The Morgan fingerprint density at radius 1 is 1.23 bits per heavy atom. The van der Waals surface area contributed by atoms with Crippen LogP contribution in [0.2, 0.25) is 0 Å². The lowest BCUT2D eigenvalue weighted by atomic mass is 9.86. The molecule has 0 bridgehead atoms. The molecule has 1 aromatic carbocycles. The smallest absolute Gasteiger partial charge is 0.123 e. The molecule has 0 amide bonds. The summed E-state index contributed by atoms with van der Waals surface area (Å²) in [7, 11) is 0. The number of halogens is 1. The first-order valence-corrected chi connectivity index (χ1v) is 9.36. The molecule has 1 saturated heterocycles. The highest BCUT2D eigenvalue weighted by Crippen LogP contribution is 2.37. The van der Waals surface area contributed by atoms with Crippen LogP contribution in [0, 0.1) is 17.7 Å². The second-order valence-corrected chi connectivity index (χ2v) is 6.95. The third-order valence-electron chi connectivity index (χ3n) is 5.19. The summed E-state index contributed by atoms with van der Waals surface area (Å²) < 4.78 is 19.2. The van der Waals surface area contributed by atoms with E-state index < -0.39 is 0 Å². The van der Waals surface area contributed by atoms with E-state index in [-0.39, 0.29) is 11.9 Å². The Hall–Kier alpha value is -2.22. The van der Waals surface area contributed by atoms with E-state index in [0.717, 1.165) is 55.8 Å². The number of aryl methyl sites for hydroxylation is 1. The van der Waals surface area contributed by atoms with Gasteiger partial charge in [-0.2, -0.15) is 0 Å². The topological polar surface area (TPSA) is 25.4 Å². The van der Waals surface area contributed by atoms with Crippen LogP contribution >= 0.6 is 0 Å². The number of nitrogens with zero attached hydrogens (tertiary/aromatic N) is 2. The number of rotatable bonds is 2. The Balaban J connectivity index is 1.60. The normalized spacial score (nSPS) is 22.1. The van der Waals surface area contributed by atoms with Gasteiger partial charge in [-0.3, -0.25) is 9.88 Å². The van der Waals surface area contributed by atoms with Crippen LogP contribution in [0.1, 0.15) is 48.3 Å². The van der Waals surface area contributed by atoms with Crippen molar-refractivity contribution in [1.82, 2.24) is 9.88 Å². The van der Waals surface area contributed by atoms with E-state index in [0.29, 0.717) is 6.04 Å². The molecule has 4 rings (SSSR count). The minimum Gasteiger partial charge on any atom is -0.370 e. The number of aromatic nitrogens is 1. The Labute approximate surface area is 154 Å². The van der Waals surface area contributed by atoms with Crippen molar-refractivity contribution in [2.24, 2.45) is 0 Å². The average molecular weight is 350 g/mol. The molecule has 0 unspecified atom stereocenters. The SMILES string of the molecule is CCCN1CCO[C@@H]2c3cc(C#Cc4ccc(F)cc4)cnc3CC[C@@H]21. The molecule has 4 heteroatoms. The highest BCUT2D eigenvalue weighted by molar-refractivity contribution is 5.44. The lowest BCUT2D eigenvalue weighted by molar-refractivity contribution is -0.0805. The van der Waals surface area contributed by atoms with Gasteiger partial charge in [-0.05, 0) is 56.1 Å². The van der Waals surface area contributed by atoms with Crippen molar-refractivity contribution in [2.75, 3.05) is 19.7 Å². The zero-order chi connectivity index (χ0) is 17.9. The zero-order valence-electron chi connectivity index (χ0n) is 15.0. The van der Waals surface area contributed by atoms with Gasteiger partial charge in [0.25, 0.3) is 0 Å². The Morgan fingerprint density at radius 3 is 2.85 bits per heavy atom. The Morgan fingerprint density at radius 2 is 2.04 bits per heavy atom. The molecule has 0 saturated carbocycles. The molecule has 0 radical (unpaired) electrons. The highest BCUT2D eigenvalue weighted by Gasteiger charge is 2.37. The number of benzene rings is 1. The highest BCUT2D eigenvalue weighted by atomic mass is 19.1. The first kappa shape index (κ1) is 17.2. The van der Waals surface area contributed by atoms with E-state index in [4.69, 9.17) is 4.74 Å². The van der Waals surface area contributed by atoms with Gasteiger partial charge in [0, 0.05) is 41.2 Å². The van der Waals surface area contributed by atoms with Crippen LogP contribution in [-0.4, -0.2) is 35.6 Å². The summed E-state index contributed by atoms with van der Waals surface area (Å²) >= 11 is 0. The van der Waals surface area contributed by atoms with E-state index in [2.05, 4.69) is 34.7 Å². The molecule has 2 aromatic rings. The number of morpholine rings is 1. The minimum atomic E-state index is -0.247. The molecule has 134 valence electrons. The van der Waals surface area contributed by atoms with Crippen LogP contribution in [-0.2, 0) is 11.2 Å². The second kappa shape index (κ2) is 7.57. The largest absolute Gasteiger partial charge is 0.370 e. The summed E-state index contributed by atoms with van der Waals surface area (Å²) in [5.41, 5.74) is 4.00. The summed E-state index contributed by atoms with van der Waals surface area (Å²) in [6, 6.07) is 8.81. The van der Waals surface area contributed by atoms with E-state index in [9.17, 15) is 4.39 Å². The number of hydrogen-bond donors (Lipinski definition) is 0. The van der Waals surface area contributed by atoms with Gasteiger partial charge in [-0.25, -0.2) is 4.39 Å². The molecular formula is C22H23FN2O. The third-order valence-corrected chi connectivity index (χ3v) is 5.19. The van der Waals surface area contributed by atoms with Crippen molar-refractivity contribution < 1.29 is 9.13 Å². The minimum absolute atomic E-state index is 0.0964. The fourth-order valence-corrected chi connectivity index (χ4v) is 3.96. The lowest BCUT2D eigenvalue weighted by Crippen LogP contribution is -2.49. The molecule has 1 aromatic heterocycles. The van der Waals surface area contributed by atoms with Crippen LogP contribution in [0.15, 0.2) is 36.5 Å². The van der Waals surface area contributed by atoms with Crippen LogP contribution in [0.5, 0.6) is 0 Å². The summed E-state index contributed by atoms with van der Waals surface area (Å²) in [6.07, 6.45) is 5.19. The van der Waals surface area contributed by atoms with E-state index in [1.54, 1.807) is 12.1 Å². The number of pyridine rings is 1. The number of ether oxygens (including phenoxy) is 1. The number of hydrogen-bond acceptors (Lipinski definition) is 3. The molecular weight excluding hydrogens is 327 g/mol. The Bertz CT molecular complexity index is 835. The van der Waals surface area contributed by atoms with Gasteiger partial charge in [0.2, 0.25) is 0 Å². The standard InChI is InChI=1S/C22H23FN2O/c1-2-11-25-12-13-26-22-19-14-17(15-24-20(19)9-10-21(22)25)4-3-16-5-7-18(23)8-6-16/h5-8,14-15,21-22H,2,9-13H2,1H3/t21-,22+/m0/s1. The molecule has 3 nitrogen and oxygen atoms in total. The van der Waals surface area contributed by atoms with Crippen LogP contribution in [0.3, 0.4) is 0 Å². The molecule has 2 atom stereocenters. The first-order valence-electron chi connectivity index (χ1n) is 9.36. The molecule has 2 aliphatic rings. The molecule has 0 spiro atoms. The molecule has 1 aliphatic heterocycles. The molecule has 0 N–H and O–H groups in total. The van der Waals surface area contributed by atoms with E-state index in [1.165, 1.54) is 17.7 Å². The maximum Gasteiger partial charge on any atom is 0.123 e. The summed E-state index contributed by atoms with van der Waals surface area (Å²) in [5, 5.41) is 0. The van der Waals surface area contributed by atoms with Gasteiger partial charge in [0.15, 0.2) is 0 Å². The predicted molar refractivity (Wildman–Crippen MR) is 99.3 cm³/mol. The fourth-order valence-electron chi connectivity index (χ4n) is 3.96. The van der Waals surface area contributed by atoms with Crippen LogP contribution in [0.4, 0.5) is 4.39 Å². The molecule has 2 heterocycles. The van der Waals surface area contributed by atoms with Crippen molar-refractivity contribution in [3.05, 3.63) is 64.7 Å². The third kappa shape index (κ3) is 3.51. The maximum absolute atomic E-state index is 13.0. The van der Waals surface area contributed by atoms with Gasteiger partial charge >= 0.3 is 0 Å². The fraction of sp³-hybridized carbons (Fsp3) is 0.409. The Kier molecular flexibility index (Phi) is 5.01. The second-order valence-electron chi connectivity index (χ2n) is 6.95. The van der Waals surface area contributed by atoms with Crippen molar-refractivity contribution in [2.45, 2.75) is 38.3 Å². The number of fused-ring (bicyclic) bond motifs is 3. The predicted octanol–water partition coefficient (Wildman–Crippen LogP) is 3.72. The zero-order valence-corrected chi connectivity index (χ0v) is 15.0. The van der Waals surface area contributed by atoms with Gasteiger partial charge in [-0.15, -0.1) is 0 Å². The van der Waals surface area contributed by atoms with Gasteiger partial charge in [0.1, 0.15) is 5.82 Å². The van der Waals surface area contributed by atoms with E-state index >= 15 is 0 Å². The van der Waals surface area contributed by atoms with Crippen molar-refractivity contribution in [3.8, 4) is 11.8 Å². The lowest BCUT2D eigenvalue weighted by Gasteiger charge is -2.44. The quantitative estimate of drug-likeness (QED) is 0.772. The molecule has 1 fully saturated rings. The van der Waals surface area contributed by atoms with Crippen LogP contribution < -0.4 is 0 Å². The summed E-state index contributed by atoms with van der Waals surface area (Å²) in [5.74, 6) is 6.00. The summed E-state index contributed by atoms with van der Waals surface area (Å²) in [6.45, 7) is 5.14. The van der Waals surface area contributed by atoms with E-state index in [1.807, 2.05) is 6.20 Å². The maximum atomic E-state index is 13.0. The summed E-state index contributed by atoms with van der Waals surface area (Å²) in [4.78, 5) is 7.21. The molecule has 1 aliphatic carbocycles. The van der Waals surface area contributed by atoms with Gasteiger partial charge in [0.05, 0.1) is 12.7 Å². The average Bonchev–Trinajstić information content (AvgIpc) is 2.68. The van der Waals surface area contributed by atoms with Gasteiger partial charge in [-0.1, -0.05) is 18.8 Å². The van der Waals surface area contributed by atoms with Crippen LogP contribution in [0.25, 0.3) is 0 Å². The van der Waals surface area contributed by atoms with Gasteiger partial charge < -0.3 is 4.74 Å². The molecule has 26 heavy (non-hydrogen) atoms. The van der Waals surface area contributed by atoms with Crippen molar-refractivity contribution in [3.63, 3.8) is 0 Å². The van der Waals surface area contributed by atoms with Crippen molar-refractivity contribution >= 4 is 0 Å². The van der Waals surface area contributed by atoms with Crippen molar-refractivity contribution in [1.29, 1.82) is 0 Å².